The van der Waals surface area contributed by atoms with E-state index in [9.17, 15) is 14.4 Å². The quantitative estimate of drug-likeness (QED) is 0.189. The molecule has 12 heteroatoms. The number of halogens is 4. The summed E-state index contributed by atoms with van der Waals surface area (Å²) >= 11 is 18.4. The topological polar surface area (TPSA) is 84.9 Å². The van der Waals surface area contributed by atoms with E-state index in [1.807, 2.05) is 24.3 Å². The summed E-state index contributed by atoms with van der Waals surface area (Å²) < 4.78 is 12.9. The van der Waals surface area contributed by atoms with Gasteiger partial charge in [-0.3, -0.25) is 19.3 Å². The maximum atomic E-state index is 12.9. The fraction of sp³-hybridized carbons (Fsp3) is 0.115. The molecule has 1 N–H and O–H groups in total. The lowest BCUT2D eigenvalue weighted by Crippen LogP contribution is -2.36. The van der Waals surface area contributed by atoms with Crippen molar-refractivity contribution in [1.29, 1.82) is 0 Å². The van der Waals surface area contributed by atoms with Crippen LogP contribution in [-0.2, 0) is 16.2 Å². The van der Waals surface area contributed by atoms with Crippen molar-refractivity contribution in [2.45, 2.75) is 6.61 Å². The van der Waals surface area contributed by atoms with Crippen molar-refractivity contribution in [3.05, 3.63) is 88.7 Å². The number of nitrogens with zero attached hydrogens (tertiary/aromatic N) is 1. The van der Waals surface area contributed by atoms with Crippen molar-refractivity contribution in [3.8, 4) is 11.5 Å². The Balaban J connectivity index is 1.47. The number of rotatable bonds is 8. The number of benzene rings is 3. The summed E-state index contributed by atoms with van der Waals surface area (Å²) in [6, 6.07) is 15.8. The number of hydrogen-bond acceptors (Lipinski definition) is 6. The number of anilines is 1. The van der Waals surface area contributed by atoms with Crippen molar-refractivity contribution in [1.82, 2.24) is 4.90 Å². The predicted molar refractivity (Wildman–Crippen MR) is 162 cm³/mol. The molecule has 1 aliphatic rings. The molecule has 1 saturated heterocycles. The average molecular weight is 748 g/mol. The van der Waals surface area contributed by atoms with Crippen LogP contribution in [-0.4, -0.2) is 35.6 Å². The van der Waals surface area contributed by atoms with E-state index in [0.29, 0.717) is 37.3 Å². The van der Waals surface area contributed by atoms with Crippen molar-refractivity contribution < 1.29 is 23.9 Å². The zero-order chi connectivity index (χ0) is 27.4. The Hall–Kier alpha value is -2.25. The summed E-state index contributed by atoms with van der Waals surface area (Å²) in [6.07, 6.45) is 1.58. The molecule has 4 rings (SSSR count). The molecular weight excluding hydrogens is 730 g/mol. The van der Waals surface area contributed by atoms with Gasteiger partial charge in [0.1, 0.15) is 13.2 Å². The van der Waals surface area contributed by atoms with Gasteiger partial charge in [0.05, 0.1) is 20.6 Å². The largest absolute Gasteiger partial charge is 0.493 e. The Kier molecular flexibility index (Phi) is 9.64. The highest BCUT2D eigenvalue weighted by atomic mass is 127. The van der Waals surface area contributed by atoms with E-state index in [-0.39, 0.29) is 11.5 Å². The second kappa shape index (κ2) is 12.7. The zero-order valence-corrected chi connectivity index (χ0v) is 25.7. The van der Waals surface area contributed by atoms with Crippen LogP contribution in [0.5, 0.6) is 11.5 Å². The van der Waals surface area contributed by atoms with Crippen LogP contribution in [0.15, 0.2) is 64.0 Å². The van der Waals surface area contributed by atoms with E-state index in [1.54, 1.807) is 36.4 Å². The Labute approximate surface area is 255 Å². The predicted octanol–water partition coefficient (Wildman–Crippen LogP) is 7.62. The molecule has 0 aromatic heterocycles. The van der Waals surface area contributed by atoms with Gasteiger partial charge < -0.3 is 14.8 Å². The number of methoxy groups -OCH3 is 1. The number of carbonyl (C=O) groups is 3. The number of hydrogen-bond donors (Lipinski definition) is 1. The van der Waals surface area contributed by atoms with Crippen LogP contribution in [0.4, 0.5) is 10.5 Å². The van der Waals surface area contributed by atoms with Gasteiger partial charge in [0.15, 0.2) is 11.5 Å². The third-order valence-electron chi connectivity index (χ3n) is 5.26. The highest BCUT2D eigenvalue weighted by Crippen LogP contribution is 2.38. The molecule has 0 spiro atoms. The SMILES string of the molecule is COc1cc(/C=C2/SC(=O)N(CC(=O)Nc3ccc(Br)c(Cl)c3)C2=O)cc(I)c1OCc1ccccc1Cl. The summed E-state index contributed by atoms with van der Waals surface area (Å²) in [5.74, 6) is -0.0925. The fourth-order valence-electron chi connectivity index (χ4n) is 3.43. The van der Waals surface area contributed by atoms with E-state index >= 15 is 0 Å². The standard InChI is InChI=1S/C26H18BrCl2IN2O5S/c1-36-21-9-14(8-20(30)24(21)37-13-15-4-2-3-5-18(15)28)10-22-25(34)32(26(35)38-22)12-23(33)31-16-6-7-17(27)19(29)11-16/h2-11H,12-13H2,1H3,(H,31,33)/b22-10+. The summed E-state index contributed by atoms with van der Waals surface area (Å²) in [6.45, 7) is -0.176. The Morgan fingerprint density at radius 3 is 2.61 bits per heavy atom. The van der Waals surface area contributed by atoms with Crippen molar-refractivity contribution in [2.24, 2.45) is 0 Å². The number of imide groups is 1. The molecule has 7 nitrogen and oxygen atoms in total. The minimum atomic E-state index is -0.558. The number of nitrogens with one attached hydrogen (secondary N) is 1. The third-order valence-corrected chi connectivity index (χ3v) is 8.57. The van der Waals surface area contributed by atoms with Gasteiger partial charge in [-0.05, 0) is 98.3 Å². The van der Waals surface area contributed by atoms with Gasteiger partial charge in [0.2, 0.25) is 5.91 Å². The highest BCUT2D eigenvalue weighted by Gasteiger charge is 2.36. The third kappa shape index (κ3) is 6.84. The minimum absolute atomic E-state index is 0.192. The molecular formula is C26H18BrCl2IN2O5S. The van der Waals surface area contributed by atoms with Crippen LogP contribution in [0.25, 0.3) is 6.08 Å². The van der Waals surface area contributed by atoms with Crippen molar-refractivity contribution in [3.63, 3.8) is 0 Å². The van der Waals surface area contributed by atoms with Gasteiger partial charge >= 0.3 is 0 Å². The molecule has 1 aliphatic heterocycles. The second-order valence-corrected chi connectivity index (χ2v) is 11.7. The van der Waals surface area contributed by atoms with Gasteiger partial charge in [0.25, 0.3) is 11.1 Å². The molecule has 38 heavy (non-hydrogen) atoms. The Morgan fingerprint density at radius 2 is 1.89 bits per heavy atom. The van der Waals surface area contributed by atoms with E-state index in [0.717, 1.165) is 25.8 Å². The molecule has 196 valence electrons. The first-order valence-corrected chi connectivity index (χ1v) is 14.3. The molecule has 3 aromatic rings. The van der Waals surface area contributed by atoms with Crippen molar-refractivity contribution >= 4 is 102 Å². The van der Waals surface area contributed by atoms with Crippen LogP contribution < -0.4 is 14.8 Å². The van der Waals surface area contributed by atoms with Crippen LogP contribution in [0.2, 0.25) is 10.0 Å². The smallest absolute Gasteiger partial charge is 0.294 e. The van der Waals surface area contributed by atoms with Crippen LogP contribution in [0.1, 0.15) is 11.1 Å². The van der Waals surface area contributed by atoms with Crippen LogP contribution in [0.3, 0.4) is 0 Å². The summed E-state index contributed by atoms with van der Waals surface area (Å²) in [7, 11) is 1.52. The molecule has 0 atom stereocenters. The van der Waals surface area contributed by atoms with Gasteiger partial charge in [-0.15, -0.1) is 0 Å². The molecule has 0 radical (unpaired) electrons. The highest BCUT2D eigenvalue weighted by molar-refractivity contribution is 14.1. The monoisotopic (exact) mass is 746 g/mol. The average Bonchev–Trinajstić information content (AvgIpc) is 3.13. The minimum Gasteiger partial charge on any atom is -0.493 e. The molecule has 0 aliphatic carbocycles. The number of ether oxygens (including phenoxy) is 2. The van der Waals surface area contributed by atoms with Crippen LogP contribution in [0, 0.1) is 3.57 Å². The maximum Gasteiger partial charge on any atom is 0.294 e. The zero-order valence-electron chi connectivity index (χ0n) is 19.6. The molecule has 3 amide bonds. The summed E-state index contributed by atoms with van der Waals surface area (Å²) in [4.78, 5) is 39.1. The Morgan fingerprint density at radius 1 is 1.13 bits per heavy atom. The number of carbonyl (C=O) groups excluding carboxylic acids is 3. The van der Waals surface area contributed by atoms with E-state index in [4.69, 9.17) is 32.7 Å². The molecule has 0 saturated carbocycles. The molecule has 3 aromatic carbocycles. The van der Waals surface area contributed by atoms with Gasteiger partial charge in [-0.2, -0.15) is 0 Å². The molecule has 0 bridgehead atoms. The normalized spacial score (nSPS) is 14.2. The number of thioether (sulfide) groups is 1. The van der Waals surface area contributed by atoms with Gasteiger partial charge in [-0.25, -0.2) is 0 Å². The second-order valence-electron chi connectivity index (χ2n) is 7.86. The van der Waals surface area contributed by atoms with Gasteiger partial charge in [-0.1, -0.05) is 41.4 Å². The molecule has 1 fully saturated rings. The first-order chi connectivity index (χ1) is 18.2. The number of amides is 3. The summed E-state index contributed by atoms with van der Waals surface area (Å²) in [5, 5.41) is 3.12. The van der Waals surface area contributed by atoms with Gasteiger partial charge in [0, 0.05) is 20.7 Å². The first-order valence-electron chi connectivity index (χ1n) is 10.9. The fourth-order valence-corrected chi connectivity index (χ4v) is 5.67. The lowest BCUT2D eigenvalue weighted by Gasteiger charge is -2.14. The Bertz CT molecular complexity index is 1470. The van der Waals surface area contributed by atoms with E-state index in [2.05, 4.69) is 43.8 Å². The van der Waals surface area contributed by atoms with Crippen LogP contribution >= 0.6 is 73.5 Å². The maximum absolute atomic E-state index is 12.9. The lowest BCUT2D eigenvalue weighted by atomic mass is 10.1. The first kappa shape index (κ1) is 28.8. The van der Waals surface area contributed by atoms with E-state index < -0.39 is 23.6 Å². The summed E-state index contributed by atoms with van der Waals surface area (Å²) in [5.41, 5.74) is 1.91. The lowest BCUT2D eigenvalue weighted by molar-refractivity contribution is -0.127. The van der Waals surface area contributed by atoms with Crippen molar-refractivity contribution in [2.75, 3.05) is 19.0 Å². The molecule has 0 unspecified atom stereocenters. The molecule has 1 heterocycles. The van der Waals surface area contributed by atoms with E-state index in [1.165, 1.54) is 7.11 Å².